The number of hydrogen-bond acceptors (Lipinski definition) is 4. The van der Waals surface area contributed by atoms with E-state index in [2.05, 4.69) is 0 Å². The van der Waals surface area contributed by atoms with Gasteiger partial charge in [-0.3, -0.25) is 4.79 Å². The summed E-state index contributed by atoms with van der Waals surface area (Å²) in [5.74, 6) is -0.244. The Morgan fingerprint density at radius 3 is 2.40 bits per heavy atom. The Hall–Kier alpha value is -2.82. The second-order valence-corrected chi connectivity index (χ2v) is 5.85. The minimum Gasteiger partial charge on any atom is -0.482 e. The quantitative estimate of drug-likeness (QED) is 0.757. The van der Waals surface area contributed by atoms with E-state index in [1.165, 1.54) is 4.90 Å². The maximum Gasteiger partial charge on any atom is 0.344 e. The number of anilines is 1. The first-order chi connectivity index (χ1) is 11.9. The number of hydrogen-bond donors (Lipinski definition) is 0. The van der Waals surface area contributed by atoms with Crippen molar-refractivity contribution < 1.29 is 19.1 Å². The van der Waals surface area contributed by atoms with Gasteiger partial charge >= 0.3 is 5.97 Å². The van der Waals surface area contributed by atoms with Crippen molar-refractivity contribution in [2.45, 2.75) is 26.9 Å². The van der Waals surface area contributed by atoms with Crippen LogP contribution in [0.15, 0.2) is 48.5 Å². The SMILES string of the molecule is Cc1cccc(OCC(=O)O[C@H](C)C(=O)N(C)c2ccccc2)c1C. The molecule has 1 amide bonds. The van der Waals surface area contributed by atoms with Crippen molar-refractivity contribution >= 4 is 17.6 Å². The molecule has 5 heteroatoms. The smallest absolute Gasteiger partial charge is 0.344 e. The number of ether oxygens (including phenoxy) is 2. The van der Waals surface area contributed by atoms with Crippen LogP contribution in [0, 0.1) is 13.8 Å². The van der Waals surface area contributed by atoms with Crippen molar-refractivity contribution in [3.63, 3.8) is 0 Å². The predicted molar refractivity (Wildman–Crippen MR) is 96.8 cm³/mol. The van der Waals surface area contributed by atoms with Gasteiger partial charge in [-0.15, -0.1) is 0 Å². The first kappa shape index (κ1) is 18.5. The zero-order valence-corrected chi connectivity index (χ0v) is 15.0. The largest absolute Gasteiger partial charge is 0.482 e. The van der Waals surface area contributed by atoms with E-state index in [0.717, 1.165) is 16.8 Å². The Kier molecular flexibility index (Phi) is 6.17. The maximum atomic E-state index is 12.4. The lowest BCUT2D eigenvalue weighted by Gasteiger charge is -2.21. The summed E-state index contributed by atoms with van der Waals surface area (Å²) in [5.41, 5.74) is 2.80. The number of benzene rings is 2. The number of para-hydroxylation sites is 1. The van der Waals surface area contributed by atoms with Crippen LogP contribution in [0.25, 0.3) is 0 Å². The minimum absolute atomic E-state index is 0.239. The lowest BCUT2D eigenvalue weighted by molar-refractivity contribution is -0.155. The number of esters is 1. The van der Waals surface area contributed by atoms with Crippen molar-refractivity contribution in [2.24, 2.45) is 0 Å². The molecule has 2 aromatic carbocycles. The van der Waals surface area contributed by atoms with Gasteiger partial charge in [-0.2, -0.15) is 0 Å². The van der Waals surface area contributed by atoms with Gasteiger partial charge in [-0.1, -0.05) is 30.3 Å². The zero-order chi connectivity index (χ0) is 18.4. The summed E-state index contributed by atoms with van der Waals surface area (Å²) in [5, 5.41) is 0. The van der Waals surface area contributed by atoms with Crippen molar-refractivity contribution in [1.29, 1.82) is 0 Å². The summed E-state index contributed by atoms with van der Waals surface area (Å²) in [6.45, 7) is 5.21. The Labute approximate surface area is 148 Å². The van der Waals surface area contributed by atoms with Gasteiger partial charge in [0.1, 0.15) is 5.75 Å². The fourth-order valence-electron chi connectivity index (χ4n) is 2.35. The van der Waals surface area contributed by atoms with Crippen LogP contribution in [0.3, 0.4) is 0 Å². The number of rotatable bonds is 6. The van der Waals surface area contributed by atoms with Crippen LogP contribution in [-0.4, -0.2) is 31.6 Å². The highest BCUT2D eigenvalue weighted by atomic mass is 16.6. The molecule has 25 heavy (non-hydrogen) atoms. The Morgan fingerprint density at radius 1 is 1.04 bits per heavy atom. The van der Waals surface area contributed by atoms with Gasteiger partial charge in [-0.25, -0.2) is 4.79 Å². The number of carbonyl (C=O) groups excluding carboxylic acids is 2. The molecule has 1 atom stereocenters. The summed E-state index contributed by atoms with van der Waals surface area (Å²) in [7, 11) is 1.65. The molecule has 2 aromatic rings. The third-order valence-electron chi connectivity index (χ3n) is 4.03. The average Bonchev–Trinajstić information content (AvgIpc) is 2.62. The molecular weight excluding hydrogens is 318 g/mol. The number of nitrogens with zero attached hydrogens (tertiary/aromatic N) is 1. The van der Waals surface area contributed by atoms with E-state index < -0.39 is 12.1 Å². The fourth-order valence-corrected chi connectivity index (χ4v) is 2.35. The zero-order valence-electron chi connectivity index (χ0n) is 15.0. The molecule has 0 saturated carbocycles. The molecule has 0 unspecified atom stereocenters. The van der Waals surface area contributed by atoms with Gasteiger partial charge in [0.05, 0.1) is 0 Å². The highest BCUT2D eigenvalue weighted by Gasteiger charge is 2.22. The Morgan fingerprint density at radius 2 is 1.72 bits per heavy atom. The molecule has 0 radical (unpaired) electrons. The lowest BCUT2D eigenvalue weighted by atomic mass is 10.1. The van der Waals surface area contributed by atoms with Gasteiger partial charge in [0, 0.05) is 12.7 Å². The van der Waals surface area contributed by atoms with E-state index in [0.29, 0.717) is 5.75 Å². The third kappa shape index (κ3) is 4.83. The molecule has 0 bridgehead atoms. The summed E-state index contributed by atoms with van der Waals surface area (Å²) in [4.78, 5) is 25.8. The van der Waals surface area contributed by atoms with Crippen LogP contribution >= 0.6 is 0 Å². The van der Waals surface area contributed by atoms with Gasteiger partial charge in [0.15, 0.2) is 12.7 Å². The molecule has 0 aliphatic rings. The Balaban J connectivity index is 1.89. The molecular formula is C20H23NO4. The standard InChI is InChI=1S/C20H23NO4/c1-14-9-8-12-18(15(14)2)24-13-19(22)25-16(3)20(23)21(4)17-10-6-5-7-11-17/h5-12,16H,13H2,1-4H3/t16-/m1/s1. The average molecular weight is 341 g/mol. The normalized spacial score (nSPS) is 11.5. The highest BCUT2D eigenvalue weighted by Crippen LogP contribution is 2.20. The molecule has 0 fully saturated rings. The number of aryl methyl sites for hydroxylation is 1. The number of carbonyl (C=O) groups is 2. The maximum absolute atomic E-state index is 12.4. The molecule has 0 aliphatic carbocycles. The van der Waals surface area contributed by atoms with Gasteiger partial charge in [0.2, 0.25) is 0 Å². The minimum atomic E-state index is -0.889. The molecule has 0 heterocycles. The van der Waals surface area contributed by atoms with Crippen molar-refractivity contribution in [2.75, 3.05) is 18.6 Å². The molecule has 5 nitrogen and oxygen atoms in total. The molecule has 2 rings (SSSR count). The second kappa shape index (κ2) is 8.33. The second-order valence-electron chi connectivity index (χ2n) is 5.85. The molecule has 132 valence electrons. The number of likely N-dealkylation sites (N-methyl/N-ethyl adjacent to an activating group) is 1. The number of amides is 1. The monoisotopic (exact) mass is 341 g/mol. The third-order valence-corrected chi connectivity index (χ3v) is 4.03. The van der Waals surface area contributed by atoms with Crippen LogP contribution in [-0.2, 0) is 14.3 Å². The van der Waals surface area contributed by atoms with Crippen molar-refractivity contribution in [3.8, 4) is 5.75 Å². The Bertz CT molecular complexity index is 743. The summed E-state index contributed by atoms with van der Waals surface area (Å²) in [6, 6.07) is 14.8. The van der Waals surface area contributed by atoms with Crippen molar-refractivity contribution in [1.82, 2.24) is 0 Å². The van der Waals surface area contributed by atoms with E-state index in [-0.39, 0.29) is 12.5 Å². The van der Waals surface area contributed by atoms with Gasteiger partial charge < -0.3 is 14.4 Å². The van der Waals surface area contributed by atoms with Crippen LogP contribution in [0.4, 0.5) is 5.69 Å². The van der Waals surface area contributed by atoms with Crippen molar-refractivity contribution in [3.05, 3.63) is 59.7 Å². The summed E-state index contributed by atoms with van der Waals surface area (Å²) < 4.78 is 10.7. The highest BCUT2D eigenvalue weighted by molar-refractivity contribution is 5.96. The molecule has 0 saturated heterocycles. The molecule has 0 N–H and O–H groups in total. The fraction of sp³-hybridized carbons (Fsp3) is 0.300. The molecule has 0 aromatic heterocycles. The first-order valence-corrected chi connectivity index (χ1v) is 8.11. The lowest BCUT2D eigenvalue weighted by Crippen LogP contribution is -2.38. The van der Waals surface area contributed by atoms with E-state index in [4.69, 9.17) is 9.47 Å². The van der Waals surface area contributed by atoms with E-state index in [1.54, 1.807) is 20.0 Å². The van der Waals surface area contributed by atoms with Crippen LogP contribution < -0.4 is 9.64 Å². The van der Waals surface area contributed by atoms with Gasteiger partial charge in [0.25, 0.3) is 5.91 Å². The van der Waals surface area contributed by atoms with E-state index >= 15 is 0 Å². The van der Waals surface area contributed by atoms with Crippen LogP contribution in [0.1, 0.15) is 18.1 Å². The molecule has 0 aliphatic heterocycles. The first-order valence-electron chi connectivity index (χ1n) is 8.11. The van der Waals surface area contributed by atoms with Gasteiger partial charge in [-0.05, 0) is 50.1 Å². The van der Waals surface area contributed by atoms with E-state index in [9.17, 15) is 9.59 Å². The predicted octanol–water partition coefficient (Wildman–Crippen LogP) is 3.28. The summed E-state index contributed by atoms with van der Waals surface area (Å²) in [6.07, 6.45) is -0.889. The van der Waals surface area contributed by atoms with Crippen LogP contribution in [0.5, 0.6) is 5.75 Å². The van der Waals surface area contributed by atoms with Crippen LogP contribution in [0.2, 0.25) is 0 Å². The topological polar surface area (TPSA) is 55.8 Å². The van der Waals surface area contributed by atoms with E-state index in [1.807, 2.05) is 56.3 Å². The molecule has 0 spiro atoms. The summed E-state index contributed by atoms with van der Waals surface area (Å²) >= 11 is 0.